The molecule has 32 heavy (non-hydrogen) atoms. The Morgan fingerprint density at radius 3 is 1.81 bits per heavy atom. The van der Waals surface area contributed by atoms with Gasteiger partial charge in [0.05, 0.1) is 6.61 Å². The van der Waals surface area contributed by atoms with Crippen molar-refractivity contribution in [3.63, 3.8) is 0 Å². The highest BCUT2D eigenvalue weighted by Gasteiger charge is 2.16. The lowest BCUT2D eigenvalue weighted by molar-refractivity contribution is 0.124. The average molecular weight is 467 g/mol. The highest BCUT2D eigenvalue weighted by molar-refractivity contribution is 5.94. The largest absolute Gasteiger partial charge is 0.494 e. The SMILES string of the molecule is Cl.N=C(N)c1ccc(OCCCN2CCN(CCCCCCN3CCNCC3)CC2)cc1. The zero-order chi connectivity index (χ0) is 21.7. The maximum atomic E-state index is 7.43. The second kappa shape index (κ2) is 15.5. The quantitative estimate of drug-likeness (QED) is 0.235. The number of hydrogen-bond donors (Lipinski definition) is 3. The van der Waals surface area contributed by atoms with Crippen molar-refractivity contribution < 1.29 is 4.74 Å². The van der Waals surface area contributed by atoms with Crippen molar-refractivity contribution in [2.24, 2.45) is 5.73 Å². The Kier molecular flexibility index (Phi) is 13.0. The van der Waals surface area contributed by atoms with Crippen LogP contribution in [-0.4, -0.2) is 99.1 Å². The van der Waals surface area contributed by atoms with E-state index in [0.717, 1.165) is 44.0 Å². The number of benzene rings is 1. The molecule has 2 aliphatic rings. The molecular formula is C24H43ClN6O. The molecule has 1 aromatic carbocycles. The molecule has 0 unspecified atom stereocenters. The number of nitrogens with two attached hydrogens (primary N) is 1. The lowest BCUT2D eigenvalue weighted by atomic mass is 10.1. The van der Waals surface area contributed by atoms with E-state index in [9.17, 15) is 0 Å². The summed E-state index contributed by atoms with van der Waals surface area (Å²) < 4.78 is 5.82. The normalized spacial score (nSPS) is 18.2. The van der Waals surface area contributed by atoms with Gasteiger partial charge in [-0.2, -0.15) is 0 Å². The van der Waals surface area contributed by atoms with Crippen LogP contribution in [-0.2, 0) is 0 Å². The van der Waals surface area contributed by atoms with Gasteiger partial charge in [-0.15, -0.1) is 12.4 Å². The minimum atomic E-state index is 0. The van der Waals surface area contributed by atoms with Crippen molar-refractivity contribution >= 4 is 18.2 Å². The summed E-state index contributed by atoms with van der Waals surface area (Å²) in [7, 11) is 0. The third-order valence-electron chi connectivity index (χ3n) is 6.43. The number of halogens is 1. The van der Waals surface area contributed by atoms with E-state index in [4.69, 9.17) is 15.9 Å². The minimum Gasteiger partial charge on any atom is -0.494 e. The van der Waals surface area contributed by atoms with E-state index in [0.29, 0.717) is 0 Å². The van der Waals surface area contributed by atoms with Crippen LogP contribution >= 0.6 is 12.4 Å². The zero-order valence-corrected chi connectivity index (χ0v) is 20.4. The molecule has 2 saturated heterocycles. The molecule has 0 spiro atoms. The molecule has 2 heterocycles. The molecule has 8 heteroatoms. The van der Waals surface area contributed by atoms with Crippen LogP contribution in [0.4, 0.5) is 0 Å². The average Bonchev–Trinajstić information content (AvgIpc) is 2.81. The van der Waals surface area contributed by atoms with E-state index < -0.39 is 0 Å². The summed E-state index contributed by atoms with van der Waals surface area (Å²) in [6.45, 7) is 13.9. The summed E-state index contributed by atoms with van der Waals surface area (Å²) in [6.07, 6.45) is 6.49. The monoisotopic (exact) mass is 466 g/mol. The van der Waals surface area contributed by atoms with Crippen LogP contribution in [0.2, 0.25) is 0 Å². The molecule has 0 aromatic heterocycles. The molecule has 0 bridgehead atoms. The number of rotatable bonds is 13. The molecule has 3 rings (SSSR count). The molecule has 2 aliphatic heterocycles. The van der Waals surface area contributed by atoms with Gasteiger partial charge >= 0.3 is 0 Å². The van der Waals surface area contributed by atoms with Gasteiger partial charge in [-0.05, 0) is 56.6 Å². The fraction of sp³-hybridized carbons (Fsp3) is 0.708. The number of piperazine rings is 2. The predicted octanol–water partition coefficient (Wildman–Crippen LogP) is 2.24. The van der Waals surface area contributed by atoms with Gasteiger partial charge in [0.1, 0.15) is 11.6 Å². The van der Waals surface area contributed by atoms with Gasteiger partial charge in [0.2, 0.25) is 0 Å². The summed E-state index contributed by atoms with van der Waals surface area (Å²) >= 11 is 0. The van der Waals surface area contributed by atoms with Crippen LogP contribution < -0.4 is 15.8 Å². The molecule has 0 radical (unpaired) electrons. The first-order valence-electron chi connectivity index (χ1n) is 12.2. The Morgan fingerprint density at radius 1 is 0.781 bits per heavy atom. The second-order valence-corrected chi connectivity index (χ2v) is 8.83. The Bertz CT molecular complexity index is 630. The number of unbranched alkanes of at least 4 members (excludes halogenated alkanes) is 3. The molecule has 4 N–H and O–H groups in total. The minimum absolute atomic E-state index is 0. The van der Waals surface area contributed by atoms with E-state index in [2.05, 4.69) is 20.0 Å². The number of hydrogen-bond acceptors (Lipinski definition) is 6. The fourth-order valence-corrected chi connectivity index (χ4v) is 4.40. The number of nitrogen functional groups attached to an aromatic ring is 1. The highest BCUT2D eigenvalue weighted by Crippen LogP contribution is 2.12. The number of nitrogens with zero attached hydrogens (tertiary/aromatic N) is 3. The summed E-state index contributed by atoms with van der Waals surface area (Å²) in [5, 5.41) is 10.8. The molecule has 0 saturated carbocycles. The topological polar surface area (TPSA) is 80.9 Å². The summed E-state index contributed by atoms with van der Waals surface area (Å²) in [6, 6.07) is 7.45. The first-order valence-corrected chi connectivity index (χ1v) is 12.2. The van der Waals surface area contributed by atoms with E-state index in [1.165, 1.54) is 78.0 Å². The van der Waals surface area contributed by atoms with Gasteiger partial charge in [0, 0.05) is 64.5 Å². The molecule has 7 nitrogen and oxygen atoms in total. The first kappa shape index (κ1) is 26.9. The summed E-state index contributed by atoms with van der Waals surface area (Å²) in [4.78, 5) is 7.80. The third kappa shape index (κ3) is 10.0. The van der Waals surface area contributed by atoms with Crippen LogP contribution in [0.15, 0.2) is 24.3 Å². The lowest BCUT2D eigenvalue weighted by Gasteiger charge is -2.34. The summed E-state index contributed by atoms with van der Waals surface area (Å²) in [5.74, 6) is 0.944. The van der Waals surface area contributed by atoms with Crippen LogP contribution in [0.3, 0.4) is 0 Å². The van der Waals surface area contributed by atoms with Crippen molar-refractivity contribution in [3.05, 3.63) is 29.8 Å². The molecule has 0 aliphatic carbocycles. The Labute approximate surface area is 200 Å². The maximum absolute atomic E-state index is 7.43. The van der Waals surface area contributed by atoms with Gasteiger partial charge in [-0.3, -0.25) is 5.41 Å². The third-order valence-corrected chi connectivity index (χ3v) is 6.43. The predicted molar refractivity (Wildman–Crippen MR) is 135 cm³/mol. The maximum Gasteiger partial charge on any atom is 0.122 e. The Hall–Kier alpha value is -1.38. The Morgan fingerprint density at radius 2 is 1.28 bits per heavy atom. The highest BCUT2D eigenvalue weighted by atomic mass is 35.5. The number of nitrogens with one attached hydrogen (secondary N) is 2. The van der Waals surface area contributed by atoms with Crippen molar-refractivity contribution in [2.45, 2.75) is 32.1 Å². The van der Waals surface area contributed by atoms with Crippen molar-refractivity contribution in [1.82, 2.24) is 20.0 Å². The van der Waals surface area contributed by atoms with Gasteiger partial charge in [-0.1, -0.05) is 12.8 Å². The van der Waals surface area contributed by atoms with Crippen molar-refractivity contribution in [3.8, 4) is 5.75 Å². The van der Waals surface area contributed by atoms with Crippen LogP contribution in [0.25, 0.3) is 0 Å². The van der Waals surface area contributed by atoms with Crippen LogP contribution in [0, 0.1) is 5.41 Å². The molecule has 0 amide bonds. The smallest absolute Gasteiger partial charge is 0.122 e. The van der Waals surface area contributed by atoms with Crippen LogP contribution in [0.5, 0.6) is 5.75 Å². The van der Waals surface area contributed by atoms with E-state index in [1.807, 2.05) is 24.3 Å². The fourth-order valence-electron chi connectivity index (χ4n) is 4.40. The second-order valence-electron chi connectivity index (χ2n) is 8.83. The number of ether oxygens (including phenoxy) is 1. The molecule has 2 fully saturated rings. The standard InChI is InChI=1S/C24H42N6O.ClH/c25-24(26)22-6-8-23(9-7-22)31-21-5-14-30-19-17-29(18-20-30)13-4-2-1-3-12-28-15-10-27-11-16-28;/h6-9,27H,1-5,10-21H2,(H3,25,26);1H. The molecule has 182 valence electrons. The first-order chi connectivity index (χ1) is 15.2. The molecular weight excluding hydrogens is 424 g/mol. The van der Waals surface area contributed by atoms with Gasteiger partial charge in [-0.25, -0.2) is 0 Å². The zero-order valence-electron chi connectivity index (χ0n) is 19.6. The van der Waals surface area contributed by atoms with Gasteiger partial charge in [0.25, 0.3) is 0 Å². The van der Waals surface area contributed by atoms with E-state index in [-0.39, 0.29) is 18.2 Å². The van der Waals surface area contributed by atoms with E-state index in [1.54, 1.807) is 0 Å². The van der Waals surface area contributed by atoms with Crippen molar-refractivity contribution in [1.29, 1.82) is 5.41 Å². The molecule has 0 atom stereocenters. The van der Waals surface area contributed by atoms with Gasteiger partial charge < -0.3 is 30.5 Å². The number of amidine groups is 1. The Balaban J connectivity index is 0.00000363. The lowest BCUT2D eigenvalue weighted by Crippen LogP contribution is -2.46. The van der Waals surface area contributed by atoms with Crippen LogP contribution in [0.1, 0.15) is 37.7 Å². The van der Waals surface area contributed by atoms with Gasteiger partial charge in [0.15, 0.2) is 0 Å². The summed E-state index contributed by atoms with van der Waals surface area (Å²) in [5.41, 5.74) is 6.22. The van der Waals surface area contributed by atoms with Crippen molar-refractivity contribution in [2.75, 3.05) is 78.6 Å². The molecule has 1 aromatic rings. The van der Waals surface area contributed by atoms with E-state index >= 15 is 0 Å².